The Labute approximate surface area is 146 Å². The number of hydrogen-bond donors (Lipinski definition) is 2. The van der Waals surface area contributed by atoms with Crippen molar-refractivity contribution < 1.29 is 12.8 Å². The van der Waals surface area contributed by atoms with Gasteiger partial charge < -0.3 is 5.32 Å². The number of para-hydroxylation sites is 1. The average Bonchev–Trinajstić information content (AvgIpc) is 2.58. The summed E-state index contributed by atoms with van der Waals surface area (Å²) >= 11 is 0. The van der Waals surface area contributed by atoms with E-state index in [0.29, 0.717) is 22.6 Å². The van der Waals surface area contributed by atoms with Crippen molar-refractivity contribution >= 4 is 27.1 Å². The largest absolute Gasteiger partial charge is 0.353 e. The van der Waals surface area contributed by atoms with E-state index in [9.17, 15) is 12.8 Å². The van der Waals surface area contributed by atoms with Crippen molar-refractivity contribution in [1.29, 1.82) is 0 Å². The van der Waals surface area contributed by atoms with E-state index in [1.165, 1.54) is 6.07 Å². The number of halogens is 1. The standard InChI is InChI=1S/C19H17FN2O2S/c1-14-6-2-5-9-19(14)25(23,24)22-16-12-10-15(11-13-16)21-18-8-4-3-7-17(18)20/h2-13,21-22H,1H3. The lowest BCUT2D eigenvalue weighted by Crippen LogP contribution is -2.14. The molecule has 0 radical (unpaired) electrons. The first kappa shape index (κ1) is 17.0. The fourth-order valence-electron chi connectivity index (χ4n) is 2.41. The monoisotopic (exact) mass is 356 g/mol. The van der Waals surface area contributed by atoms with Gasteiger partial charge in [0.1, 0.15) is 5.82 Å². The molecule has 0 saturated heterocycles. The van der Waals surface area contributed by atoms with E-state index in [1.54, 1.807) is 73.7 Å². The highest BCUT2D eigenvalue weighted by Gasteiger charge is 2.16. The first-order chi connectivity index (χ1) is 12.0. The van der Waals surface area contributed by atoms with Crippen LogP contribution in [0.5, 0.6) is 0 Å². The highest BCUT2D eigenvalue weighted by atomic mass is 32.2. The van der Waals surface area contributed by atoms with Crippen LogP contribution in [-0.4, -0.2) is 8.42 Å². The molecule has 0 aliphatic carbocycles. The summed E-state index contributed by atoms with van der Waals surface area (Å²) in [5, 5.41) is 2.95. The molecule has 0 aliphatic heterocycles. The summed E-state index contributed by atoms with van der Waals surface area (Å²) in [7, 11) is -3.65. The number of benzene rings is 3. The molecule has 25 heavy (non-hydrogen) atoms. The molecule has 3 rings (SSSR count). The lowest BCUT2D eigenvalue weighted by molar-refractivity contribution is 0.600. The molecular weight excluding hydrogens is 339 g/mol. The minimum Gasteiger partial charge on any atom is -0.353 e. The van der Waals surface area contributed by atoms with Crippen LogP contribution in [0, 0.1) is 12.7 Å². The molecule has 0 aromatic heterocycles. The van der Waals surface area contributed by atoms with E-state index in [4.69, 9.17) is 0 Å². The first-order valence-corrected chi connectivity index (χ1v) is 9.14. The van der Waals surface area contributed by atoms with Crippen molar-refractivity contribution in [3.8, 4) is 0 Å². The number of sulfonamides is 1. The molecule has 6 heteroatoms. The Morgan fingerprint density at radius 1 is 0.800 bits per heavy atom. The van der Waals surface area contributed by atoms with Gasteiger partial charge in [0.2, 0.25) is 0 Å². The van der Waals surface area contributed by atoms with Crippen molar-refractivity contribution in [1.82, 2.24) is 0 Å². The van der Waals surface area contributed by atoms with E-state index >= 15 is 0 Å². The van der Waals surface area contributed by atoms with Gasteiger partial charge in [-0.3, -0.25) is 4.72 Å². The SMILES string of the molecule is Cc1ccccc1S(=O)(=O)Nc1ccc(Nc2ccccc2F)cc1. The first-order valence-electron chi connectivity index (χ1n) is 7.66. The molecule has 0 saturated carbocycles. The van der Waals surface area contributed by atoms with Gasteiger partial charge in [0.25, 0.3) is 10.0 Å². The Morgan fingerprint density at radius 3 is 2.08 bits per heavy atom. The molecule has 0 unspecified atom stereocenters. The Hall–Kier alpha value is -2.86. The van der Waals surface area contributed by atoms with Gasteiger partial charge in [-0.25, -0.2) is 12.8 Å². The van der Waals surface area contributed by atoms with E-state index < -0.39 is 10.0 Å². The Morgan fingerprint density at radius 2 is 1.40 bits per heavy atom. The van der Waals surface area contributed by atoms with Crippen molar-refractivity contribution in [3.63, 3.8) is 0 Å². The smallest absolute Gasteiger partial charge is 0.262 e. The Kier molecular flexibility index (Phi) is 4.72. The van der Waals surface area contributed by atoms with Crippen LogP contribution in [-0.2, 0) is 10.0 Å². The third kappa shape index (κ3) is 3.97. The maximum Gasteiger partial charge on any atom is 0.262 e. The number of aryl methyl sites for hydroxylation is 1. The highest BCUT2D eigenvalue weighted by molar-refractivity contribution is 7.92. The molecule has 3 aromatic carbocycles. The van der Waals surface area contributed by atoms with Crippen LogP contribution in [0.4, 0.5) is 21.5 Å². The van der Waals surface area contributed by atoms with E-state index in [1.807, 2.05) is 0 Å². The lowest BCUT2D eigenvalue weighted by atomic mass is 10.2. The molecular formula is C19H17FN2O2S. The van der Waals surface area contributed by atoms with Gasteiger partial charge in [-0.1, -0.05) is 30.3 Å². The van der Waals surface area contributed by atoms with Gasteiger partial charge in [0.05, 0.1) is 10.6 Å². The topological polar surface area (TPSA) is 58.2 Å². The molecule has 0 fully saturated rings. The average molecular weight is 356 g/mol. The highest BCUT2D eigenvalue weighted by Crippen LogP contribution is 2.23. The van der Waals surface area contributed by atoms with Crippen LogP contribution in [0.25, 0.3) is 0 Å². The summed E-state index contributed by atoms with van der Waals surface area (Å²) in [6.45, 7) is 1.75. The molecule has 3 aromatic rings. The van der Waals surface area contributed by atoms with Gasteiger partial charge in [-0.15, -0.1) is 0 Å². The molecule has 0 heterocycles. The third-order valence-corrected chi connectivity index (χ3v) is 5.21. The maximum absolute atomic E-state index is 13.6. The van der Waals surface area contributed by atoms with Crippen molar-refractivity contribution in [2.45, 2.75) is 11.8 Å². The second kappa shape index (κ2) is 6.94. The predicted molar refractivity (Wildman–Crippen MR) is 98.1 cm³/mol. The van der Waals surface area contributed by atoms with Gasteiger partial charge >= 0.3 is 0 Å². The van der Waals surface area contributed by atoms with Crippen LogP contribution in [0.3, 0.4) is 0 Å². The van der Waals surface area contributed by atoms with Crippen LogP contribution < -0.4 is 10.0 Å². The summed E-state index contributed by atoms with van der Waals surface area (Å²) in [5.41, 5.74) is 2.12. The Balaban J connectivity index is 1.77. The summed E-state index contributed by atoms with van der Waals surface area (Å²) in [6.07, 6.45) is 0. The van der Waals surface area contributed by atoms with E-state index in [2.05, 4.69) is 10.0 Å². The second-order valence-electron chi connectivity index (χ2n) is 5.55. The zero-order valence-corrected chi connectivity index (χ0v) is 14.3. The number of nitrogens with one attached hydrogen (secondary N) is 2. The number of rotatable bonds is 5. The maximum atomic E-state index is 13.6. The summed E-state index contributed by atoms with van der Waals surface area (Å²) < 4.78 is 41.1. The van der Waals surface area contributed by atoms with E-state index in [-0.39, 0.29) is 10.7 Å². The summed E-state index contributed by atoms with van der Waals surface area (Å²) in [4.78, 5) is 0.239. The molecule has 0 aliphatic rings. The predicted octanol–water partition coefficient (Wildman–Crippen LogP) is 4.68. The zero-order valence-electron chi connectivity index (χ0n) is 13.5. The van der Waals surface area contributed by atoms with Crippen LogP contribution in [0.15, 0.2) is 77.7 Å². The summed E-state index contributed by atoms with van der Waals surface area (Å²) in [5.74, 6) is -0.355. The van der Waals surface area contributed by atoms with E-state index in [0.717, 1.165) is 0 Å². The van der Waals surface area contributed by atoms with Crippen molar-refractivity contribution in [2.75, 3.05) is 10.0 Å². The van der Waals surface area contributed by atoms with Gasteiger partial charge in [-0.2, -0.15) is 0 Å². The molecule has 0 spiro atoms. The number of anilines is 3. The molecule has 4 nitrogen and oxygen atoms in total. The zero-order chi connectivity index (χ0) is 17.9. The minimum absolute atomic E-state index is 0.239. The molecule has 0 atom stereocenters. The fraction of sp³-hybridized carbons (Fsp3) is 0.0526. The fourth-order valence-corrected chi connectivity index (χ4v) is 3.71. The van der Waals surface area contributed by atoms with Gasteiger partial charge in [0, 0.05) is 11.4 Å². The number of hydrogen-bond acceptors (Lipinski definition) is 3. The Bertz CT molecular complexity index is 986. The molecule has 128 valence electrons. The minimum atomic E-state index is -3.65. The quantitative estimate of drug-likeness (QED) is 0.698. The second-order valence-corrected chi connectivity index (χ2v) is 7.20. The van der Waals surface area contributed by atoms with Gasteiger partial charge in [0.15, 0.2) is 0 Å². The van der Waals surface area contributed by atoms with Crippen molar-refractivity contribution in [3.05, 3.63) is 84.2 Å². The molecule has 0 bridgehead atoms. The van der Waals surface area contributed by atoms with Gasteiger partial charge in [-0.05, 0) is 55.0 Å². The van der Waals surface area contributed by atoms with Crippen LogP contribution in [0.2, 0.25) is 0 Å². The van der Waals surface area contributed by atoms with Crippen LogP contribution in [0.1, 0.15) is 5.56 Å². The molecule has 2 N–H and O–H groups in total. The normalized spacial score (nSPS) is 11.1. The molecule has 0 amide bonds. The summed E-state index contributed by atoms with van der Waals surface area (Å²) in [6, 6.07) is 19.7. The lowest BCUT2D eigenvalue weighted by Gasteiger charge is -2.11. The third-order valence-electron chi connectivity index (χ3n) is 3.67. The van der Waals surface area contributed by atoms with Crippen LogP contribution >= 0.6 is 0 Å². The van der Waals surface area contributed by atoms with Crippen molar-refractivity contribution in [2.24, 2.45) is 0 Å².